The number of nitrogens with zero attached hydrogens (tertiary/aromatic N) is 4. The molecule has 0 atom stereocenters. The number of hydrogen-bond donors (Lipinski definition) is 0. The summed E-state index contributed by atoms with van der Waals surface area (Å²) in [5.41, 5.74) is 2.56. The van der Waals surface area contributed by atoms with Gasteiger partial charge in [0.15, 0.2) is 5.65 Å². The van der Waals surface area contributed by atoms with Crippen LogP contribution >= 0.6 is 0 Å². The fraction of sp³-hybridized carbons (Fsp3) is 0. The van der Waals surface area contributed by atoms with E-state index in [0.717, 1.165) is 16.9 Å². The van der Waals surface area contributed by atoms with Crippen molar-refractivity contribution < 1.29 is 0 Å². The minimum Gasteiger partial charge on any atom is -0.235 e. The third kappa shape index (κ3) is 1.27. The monoisotopic (exact) mass is 196 g/mol. The SMILES string of the molecule is c1ccc(-n2nnc3cccnc32)cc1. The van der Waals surface area contributed by atoms with Crippen LogP contribution in [0.25, 0.3) is 16.9 Å². The molecule has 3 aromatic rings. The number of aromatic nitrogens is 4. The zero-order valence-electron chi connectivity index (χ0n) is 7.91. The van der Waals surface area contributed by atoms with E-state index < -0.39 is 0 Å². The third-order valence-electron chi connectivity index (χ3n) is 2.21. The Bertz CT molecular complexity index is 586. The van der Waals surface area contributed by atoms with Crippen molar-refractivity contribution >= 4 is 11.2 Å². The summed E-state index contributed by atoms with van der Waals surface area (Å²) in [6.45, 7) is 0. The lowest BCUT2D eigenvalue weighted by Gasteiger charge is -1.99. The minimum absolute atomic E-state index is 0.781. The molecular formula is C11H8N4. The van der Waals surface area contributed by atoms with Gasteiger partial charge in [-0.25, -0.2) is 4.98 Å². The maximum Gasteiger partial charge on any atom is 0.183 e. The number of hydrogen-bond acceptors (Lipinski definition) is 3. The standard InChI is InChI=1S/C11H8N4/c1-2-5-9(6-3-1)15-11-10(13-14-15)7-4-8-12-11/h1-8H. The molecule has 0 radical (unpaired) electrons. The van der Waals surface area contributed by atoms with Crippen LogP contribution in [0.3, 0.4) is 0 Å². The van der Waals surface area contributed by atoms with E-state index in [4.69, 9.17) is 0 Å². The molecule has 2 heterocycles. The topological polar surface area (TPSA) is 43.6 Å². The molecule has 2 aromatic heterocycles. The van der Waals surface area contributed by atoms with Crippen LogP contribution in [-0.4, -0.2) is 20.0 Å². The minimum atomic E-state index is 0.781. The van der Waals surface area contributed by atoms with Gasteiger partial charge >= 0.3 is 0 Å². The van der Waals surface area contributed by atoms with Gasteiger partial charge in [-0.2, -0.15) is 4.68 Å². The maximum absolute atomic E-state index is 4.26. The zero-order chi connectivity index (χ0) is 10.1. The molecule has 0 spiro atoms. The second-order valence-corrected chi connectivity index (χ2v) is 3.18. The molecule has 0 unspecified atom stereocenters. The Hall–Kier alpha value is -2.23. The average Bonchev–Trinajstić information content (AvgIpc) is 2.74. The average molecular weight is 196 g/mol. The molecule has 0 N–H and O–H groups in total. The second-order valence-electron chi connectivity index (χ2n) is 3.18. The lowest BCUT2D eigenvalue weighted by atomic mass is 10.3. The van der Waals surface area contributed by atoms with Gasteiger partial charge in [0, 0.05) is 6.20 Å². The maximum atomic E-state index is 4.26. The first-order valence-corrected chi connectivity index (χ1v) is 4.67. The van der Waals surface area contributed by atoms with Crippen molar-refractivity contribution in [1.29, 1.82) is 0 Å². The summed E-state index contributed by atoms with van der Waals surface area (Å²) in [7, 11) is 0. The summed E-state index contributed by atoms with van der Waals surface area (Å²) >= 11 is 0. The highest BCUT2D eigenvalue weighted by Crippen LogP contribution is 2.12. The van der Waals surface area contributed by atoms with E-state index in [2.05, 4.69) is 15.3 Å². The van der Waals surface area contributed by atoms with Crippen LogP contribution in [-0.2, 0) is 0 Å². The fourth-order valence-corrected chi connectivity index (χ4v) is 1.51. The Morgan fingerprint density at radius 1 is 0.933 bits per heavy atom. The number of para-hydroxylation sites is 1. The highest BCUT2D eigenvalue weighted by Gasteiger charge is 2.05. The van der Waals surface area contributed by atoms with Gasteiger partial charge in [-0.1, -0.05) is 23.4 Å². The van der Waals surface area contributed by atoms with Crippen molar-refractivity contribution in [3.05, 3.63) is 48.7 Å². The van der Waals surface area contributed by atoms with E-state index in [1.807, 2.05) is 42.5 Å². The Kier molecular flexibility index (Phi) is 1.71. The number of benzene rings is 1. The van der Waals surface area contributed by atoms with Gasteiger partial charge in [0.1, 0.15) is 5.52 Å². The molecule has 0 bridgehead atoms. The largest absolute Gasteiger partial charge is 0.235 e. The van der Waals surface area contributed by atoms with Crippen molar-refractivity contribution in [2.45, 2.75) is 0 Å². The summed E-state index contributed by atoms with van der Waals surface area (Å²) in [6, 6.07) is 13.6. The molecule has 72 valence electrons. The van der Waals surface area contributed by atoms with E-state index in [-0.39, 0.29) is 0 Å². The van der Waals surface area contributed by atoms with Crippen molar-refractivity contribution in [2.24, 2.45) is 0 Å². The zero-order valence-corrected chi connectivity index (χ0v) is 7.91. The summed E-state index contributed by atoms with van der Waals surface area (Å²) in [5.74, 6) is 0. The van der Waals surface area contributed by atoms with E-state index >= 15 is 0 Å². The molecule has 0 saturated heterocycles. The number of rotatable bonds is 1. The van der Waals surface area contributed by atoms with E-state index in [9.17, 15) is 0 Å². The lowest BCUT2D eigenvalue weighted by molar-refractivity contribution is 0.817. The smallest absolute Gasteiger partial charge is 0.183 e. The van der Waals surface area contributed by atoms with Crippen LogP contribution in [0.4, 0.5) is 0 Å². The molecule has 3 rings (SSSR count). The second kappa shape index (κ2) is 3.16. The summed E-state index contributed by atoms with van der Waals surface area (Å²) in [4.78, 5) is 4.26. The molecule has 0 saturated carbocycles. The number of pyridine rings is 1. The van der Waals surface area contributed by atoms with Gasteiger partial charge < -0.3 is 0 Å². The Balaban J connectivity index is 2.28. The Morgan fingerprint density at radius 3 is 2.67 bits per heavy atom. The molecule has 4 nitrogen and oxygen atoms in total. The van der Waals surface area contributed by atoms with Crippen LogP contribution in [0, 0.1) is 0 Å². The van der Waals surface area contributed by atoms with E-state index in [1.165, 1.54) is 0 Å². The first-order valence-electron chi connectivity index (χ1n) is 4.67. The highest BCUT2D eigenvalue weighted by atomic mass is 15.4. The van der Waals surface area contributed by atoms with Gasteiger partial charge in [-0.3, -0.25) is 0 Å². The third-order valence-corrected chi connectivity index (χ3v) is 2.21. The first-order chi connectivity index (χ1) is 7.45. The molecule has 0 aliphatic carbocycles. The van der Waals surface area contributed by atoms with Crippen LogP contribution in [0.1, 0.15) is 0 Å². The van der Waals surface area contributed by atoms with E-state index in [1.54, 1.807) is 10.9 Å². The molecule has 15 heavy (non-hydrogen) atoms. The Morgan fingerprint density at radius 2 is 1.80 bits per heavy atom. The quantitative estimate of drug-likeness (QED) is 0.596. The van der Waals surface area contributed by atoms with Gasteiger partial charge in [-0.05, 0) is 24.3 Å². The van der Waals surface area contributed by atoms with Crippen LogP contribution in [0.5, 0.6) is 0 Å². The van der Waals surface area contributed by atoms with Gasteiger partial charge in [-0.15, -0.1) is 5.10 Å². The van der Waals surface area contributed by atoms with Crippen molar-refractivity contribution in [1.82, 2.24) is 20.0 Å². The van der Waals surface area contributed by atoms with E-state index in [0.29, 0.717) is 0 Å². The predicted molar refractivity (Wildman–Crippen MR) is 56.7 cm³/mol. The van der Waals surface area contributed by atoms with Crippen molar-refractivity contribution in [3.8, 4) is 5.69 Å². The fourth-order valence-electron chi connectivity index (χ4n) is 1.51. The van der Waals surface area contributed by atoms with Crippen molar-refractivity contribution in [3.63, 3.8) is 0 Å². The molecule has 0 amide bonds. The number of fused-ring (bicyclic) bond motifs is 1. The highest BCUT2D eigenvalue weighted by molar-refractivity contribution is 5.70. The predicted octanol–water partition coefficient (Wildman–Crippen LogP) is 1.82. The van der Waals surface area contributed by atoms with Crippen molar-refractivity contribution in [2.75, 3.05) is 0 Å². The first kappa shape index (κ1) is 8.11. The Labute approximate surface area is 86.2 Å². The van der Waals surface area contributed by atoms with Gasteiger partial charge in [0.2, 0.25) is 0 Å². The molecule has 4 heteroatoms. The molecule has 0 aliphatic heterocycles. The van der Waals surface area contributed by atoms with Gasteiger partial charge in [0.05, 0.1) is 5.69 Å². The summed E-state index contributed by atoms with van der Waals surface area (Å²) < 4.78 is 1.73. The summed E-state index contributed by atoms with van der Waals surface area (Å²) in [6.07, 6.45) is 1.74. The van der Waals surface area contributed by atoms with Crippen LogP contribution in [0.2, 0.25) is 0 Å². The van der Waals surface area contributed by atoms with Gasteiger partial charge in [0.25, 0.3) is 0 Å². The van der Waals surface area contributed by atoms with Crippen LogP contribution in [0.15, 0.2) is 48.7 Å². The normalized spacial score (nSPS) is 10.7. The summed E-state index contributed by atoms with van der Waals surface area (Å²) in [5, 5.41) is 8.12. The molecule has 0 aliphatic rings. The molecule has 0 fully saturated rings. The van der Waals surface area contributed by atoms with Crippen LogP contribution < -0.4 is 0 Å². The lowest BCUT2D eigenvalue weighted by Crippen LogP contribution is -1.96. The molecular weight excluding hydrogens is 188 g/mol. The molecule has 1 aromatic carbocycles.